The lowest BCUT2D eigenvalue weighted by Gasteiger charge is -2.40. The van der Waals surface area contributed by atoms with E-state index in [1.165, 1.54) is 38.5 Å². The zero-order valence-corrected chi connectivity index (χ0v) is 14.0. The summed E-state index contributed by atoms with van der Waals surface area (Å²) in [6, 6.07) is 1.16. The molecule has 0 amide bonds. The van der Waals surface area contributed by atoms with E-state index in [0.29, 0.717) is 12.1 Å². The summed E-state index contributed by atoms with van der Waals surface area (Å²) in [4.78, 5) is 4.89. The molecule has 2 heterocycles. The Bertz CT molecular complexity index is 516. The van der Waals surface area contributed by atoms with Crippen molar-refractivity contribution in [1.82, 2.24) is 19.7 Å². The van der Waals surface area contributed by atoms with Gasteiger partial charge in [-0.1, -0.05) is 26.2 Å². The van der Waals surface area contributed by atoms with Crippen molar-refractivity contribution in [3.8, 4) is 0 Å². The minimum Gasteiger partial charge on any atom is -0.338 e. The Morgan fingerprint density at radius 3 is 2.71 bits per heavy atom. The van der Waals surface area contributed by atoms with Crippen molar-refractivity contribution in [1.29, 1.82) is 0 Å². The van der Waals surface area contributed by atoms with E-state index in [1.54, 1.807) is 0 Å². The Hall–Kier alpha value is -0.880. The van der Waals surface area contributed by atoms with Gasteiger partial charge >= 0.3 is 0 Å². The predicted octanol–water partition coefficient (Wildman–Crippen LogP) is 2.98. The summed E-state index contributed by atoms with van der Waals surface area (Å²) in [7, 11) is 2.23. The lowest BCUT2D eigenvalue weighted by Crippen LogP contribution is -2.52. The Balaban J connectivity index is 1.83. The summed E-state index contributed by atoms with van der Waals surface area (Å²) >= 11 is 5.51. The van der Waals surface area contributed by atoms with Crippen molar-refractivity contribution in [2.24, 2.45) is 0 Å². The maximum atomic E-state index is 5.51. The molecule has 118 valence electrons. The first-order valence-electron chi connectivity index (χ1n) is 8.32. The number of anilines is 1. The van der Waals surface area contributed by atoms with E-state index in [4.69, 9.17) is 12.2 Å². The minimum atomic E-state index is 0.541. The standard InChI is InChI=1S/C15H27N5S/c1-3-12-11-19(10-9-18(12)2)14-16-17-15(21)20(14)13-7-5-4-6-8-13/h12-13H,3-11H2,1-2H3,(H,17,21). The molecule has 5 nitrogen and oxygen atoms in total. The molecule has 0 radical (unpaired) electrons. The second-order valence-corrected chi connectivity index (χ2v) is 6.87. The van der Waals surface area contributed by atoms with Gasteiger partial charge in [-0.3, -0.25) is 9.47 Å². The summed E-state index contributed by atoms with van der Waals surface area (Å²) in [6.45, 7) is 5.46. The van der Waals surface area contributed by atoms with Crippen LogP contribution in [0.25, 0.3) is 0 Å². The van der Waals surface area contributed by atoms with Crippen LogP contribution in [0.4, 0.5) is 5.95 Å². The molecule has 1 aliphatic heterocycles. The third-order valence-corrected chi connectivity index (χ3v) is 5.44. The molecule has 0 spiro atoms. The number of hydrogen-bond donors (Lipinski definition) is 1. The lowest BCUT2D eigenvalue weighted by atomic mass is 9.95. The molecule has 2 fully saturated rings. The fourth-order valence-corrected chi connectivity index (χ4v) is 4.03. The van der Waals surface area contributed by atoms with Crippen molar-refractivity contribution in [3.63, 3.8) is 0 Å². The normalized spacial score (nSPS) is 25.4. The summed E-state index contributed by atoms with van der Waals surface area (Å²) in [5, 5.41) is 7.60. The molecule has 0 bridgehead atoms. The second kappa shape index (κ2) is 6.48. The number of hydrogen-bond acceptors (Lipinski definition) is 4. The number of nitrogens with zero attached hydrogens (tertiary/aromatic N) is 4. The van der Waals surface area contributed by atoms with Gasteiger partial charge in [0.25, 0.3) is 0 Å². The quantitative estimate of drug-likeness (QED) is 0.872. The molecule has 1 aliphatic carbocycles. The van der Waals surface area contributed by atoms with Crippen molar-refractivity contribution in [2.75, 3.05) is 31.6 Å². The molecule has 1 N–H and O–H groups in total. The van der Waals surface area contributed by atoms with Crippen LogP contribution in [0.3, 0.4) is 0 Å². The molecule has 2 aliphatic rings. The van der Waals surface area contributed by atoms with Gasteiger partial charge in [-0.15, -0.1) is 5.10 Å². The van der Waals surface area contributed by atoms with Gasteiger partial charge < -0.3 is 4.90 Å². The van der Waals surface area contributed by atoms with Crippen LogP contribution in [0, 0.1) is 4.77 Å². The summed E-state index contributed by atoms with van der Waals surface area (Å²) < 4.78 is 3.09. The van der Waals surface area contributed by atoms with Crippen molar-refractivity contribution >= 4 is 18.2 Å². The first kappa shape index (κ1) is 15.0. The number of aromatic amines is 1. The minimum absolute atomic E-state index is 0.541. The molecule has 0 aromatic carbocycles. The second-order valence-electron chi connectivity index (χ2n) is 6.48. The molecular weight excluding hydrogens is 282 g/mol. The number of likely N-dealkylation sites (N-methyl/N-ethyl adjacent to an activating group) is 1. The Morgan fingerprint density at radius 1 is 1.24 bits per heavy atom. The summed E-state index contributed by atoms with van der Waals surface area (Å²) in [5.41, 5.74) is 0. The van der Waals surface area contributed by atoms with Gasteiger partial charge in [-0.05, 0) is 38.5 Å². The fourth-order valence-electron chi connectivity index (χ4n) is 3.76. The number of H-pyrrole nitrogens is 1. The van der Waals surface area contributed by atoms with Crippen LogP contribution in [-0.2, 0) is 0 Å². The lowest BCUT2D eigenvalue weighted by molar-refractivity contribution is 0.210. The van der Waals surface area contributed by atoms with Gasteiger partial charge in [0.2, 0.25) is 5.95 Å². The smallest absolute Gasteiger partial charge is 0.226 e. The van der Waals surface area contributed by atoms with E-state index in [2.05, 4.69) is 38.5 Å². The highest BCUT2D eigenvalue weighted by atomic mass is 32.1. The Labute approximate surface area is 132 Å². The Morgan fingerprint density at radius 2 is 2.00 bits per heavy atom. The molecule has 21 heavy (non-hydrogen) atoms. The van der Waals surface area contributed by atoms with Crippen molar-refractivity contribution in [3.05, 3.63) is 4.77 Å². The van der Waals surface area contributed by atoms with E-state index in [-0.39, 0.29) is 0 Å². The highest BCUT2D eigenvalue weighted by Gasteiger charge is 2.28. The zero-order chi connectivity index (χ0) is 14.8. The molecule has 1 atom stereocenters. The van der Waals surface area contributed by atoms with Crippen molar-refractivity contribution in [2.45, 2.75) is 57.5 Å². The van der Waals surface area contributed by atoms with Crippen LogP contribution >= 0.6 is 12.2 Å². The molecule has 1 saturated carbocycles. The van der Waals surface area contributed by atoms with Gasteiger partial charge in [0.15, 0.2) is 4.77 Å². The van der Waals surface area contributed by atoms with Crippen LogP contribution < -0.4 is 4.90 Å². The monoisotopic (exact) mass is 309 g/mol. The van der Waals surface area contributed by atoms with Gasteiger partial charge in [0.1, 0.15) is 0 Å². The van der Waals surface area contributed by atoms with Gasteiger partial charge in [-0.25, -0.2) is 5.10 Å². The van der Waals surface area contributed by atoms with E-state index < -0.39 is 0 Å². The van der Waals surface area contributed by atoms with E-state index in [1.807, 2.05) is 0 Å². The largest absolute Gasteiger partial charge is 0.338 e. The molecule has 1 saturated heterocycles. The average molecular weight is 309 g/mol. The van der Waals surface area contributed by atoms with Gasteiger partial charge in [-0.2, -0.15) is 0 Å². The summed E-state index contributed by atoms with van der Waals surface area (Å²) in [6.07, 6.45) is 7.66. The topological polar surface area (TPSA) is 40.1 Å². The molecule has 1 aromatic rings. The van der Waals surface area contributed by atoms with Crippen LogP contribution in [0.2, 0.25) is 0 Å². The van der Waals surface area contributed by atoms with Crippen molar-refractivity contribution < 1.29 is 0 Å². The highest BCUT2D eigenvalue weighted by molar-refractivity contribution is 7.71. The van der Waals surface area contributed by atoms with Crippen LogP contribution in [0.1, 0.15) is 51.5 Å². The maximum absolute atomic E-state index is 5.51. The molecular formula is C15H27N5S. The average Bonchev–Trinajstić information content (AvgIpc) is 2.90. The summed E-state index contributed by atoms with van der Waals surface area (Å²) in [5.74, 6) is 1.07. The van der Waals surface area contributed by atoms with E-state index in [9.17, 15) is 0 Å². The first-order valence-corrected chi connectivity index (χ1v) is 8.73. The molecule has 3 rings (SSSR count). The highest BCUT2D eigenvalue weighted by Crippen LogP contribution is 2.32. The third-order valence-electron chi connectivity index (χ3n) is 5.16. The SMILES string of the molecule is CCC1CN(c2n[nH]c(=S)n2C2CCCCC2)CCN1C. The van der Waals surface area contributed by atoms with Gasteiger partial charge in [0, 0.05) is 31.7 Å². The predicted molar refractivity (Wildman–Crippen MR) is 88.5 cm³/mol. The molecule has 1 unspecified atom stereocenters. The van der Waals surface area contributed by atoms with Crippen LogP contribution in [-0.4, -0.2) is 52.4 Å². The van der Waals surface area contributed by atoms with E-state index >= 15 is 0 Å². The Kier molecular flexibility index (Phi) is 4.64. The first-order chi connectivity index (χ1) is 10.2. The molecule has 1 aromatic heterocycles. The van der Waals surface area contributed by atoms with Gasteiger partial charge in [0.05, 0.1) is 0 Å². The number of piperazine rings is 1. The zero-order valence-electron chi connectivity index (χ0n) is 13.2. The fraction of sp³-hybridized carbons (Fsp3) is 0.867. The van der Waals surface area contributed by atoms with E-state index in [0.717, 1.165) is 30.4 Å². The third kappa shape index (κ3) is 3.01. The van der Waals surface area contributed by atoms with Crippen LogP contribution in [0.5, 0.6) is 0 Å². The number of rotatable bonds is 3. The molecule has 6 heteroatoms. The van der Waals surface area contributed by atoms with Crippen LogP contribution in [0.15, 0.2) is 0 Å². The number of nitrogens with one attached hydrogen (secondary N) is 1. The maximum Gasteiger partial charge on any atom is 0.226 e. The number of aromatic nitrogens is 3.